The Bertz CT molecular complexity index is 485. The fourth-order valence-electron chi connectivity index (χ4n) is 1.50. The van der Waals surface area contributed by atoms with Crippen LogP contribution in [0.2, 0.25) is 0 Å². The van der Waals surface area contributed by atoms with Gasteiger partial charge in [0, 0.05) is 17.8 Å². The molecule has 0 aliphatic rings. The molecule has 0 aliphatic carbocycles. The summed E-state index contributed by atoms with van der Waals surface area (Å²) in [5.41, 5.74) is 1.17. The number of non-ortho nitro benzene ring substituents is 1. The van der Waals surface area contributed by atoms with Crippen LogP contribution in [-0.2, 0) is 4.79 Å². The van der Waals surface area contributed by atoms with Crippen molar-refractivity contribution in [3.8, 4) is 0 Å². The van der Waals surface area contributed by atoms with Crippen LogP contribution in [0.4, 0.5) is 11.4 Å². The number of hydrogen-bond acceptors (Lipinski definition) is 4. The van der Waals surface area contributed by atoms with Crippen LogP contribution in [0.3, 0.4) is 0 Å². The lowest BCUT2D eigenvalue weighted by Gasteiger charge is -2.15. The van der Waals surface area contributed by atoms with Crippen LogP contribution in [0, 0.1) is 17.0 Å². The van der Waals surface area contributed by atoms with Crippen LogP contribution < -0.4 is 5.32 Å². The predicted molar refractivity (Wildman–Crippen MR) is 67.7 cm³/mol. The van der Waals surface area contributed by atoms with E-state index >= 15 is 0 Å². The van der Waals surface area contributed by atoms with E-state index in [2.05, 4.69) is 11.9 Å². The maximum absolute atomic E-state index is 11.0. The molecule has 1 atom stereocenters. The number of nitro groups is 1. The number of anilines is 1. The van der Waals surface area contributed by atoms with Gasteiger partial charge in [0.25, 0.3) is 5.69 Å². The van der Waals surface area contributed by atoms with E-state index in [0.29, 0.717) is 11.3 Å². The predicted octanol–water partition coefficient (Wildman–Crippen LogP) is 2.34. The quantitative estimate of drug-likeness (QED) is 0.459. The Kier molecular flexibility index (Phi) is 4.42. The Morgan fingerprint density at radius 3 is 2.78 bits per heavy atom. The third-order valence-electron chi connectivity index (χ3n) is 2.45. The van der Waals surface area contributed by atoms with Crippen molar-refractivity contribution < 1.29 is 14.8 Å². The maximum atomic E-state index is 11.0. The molecular formula is C12H14N2O4. The number of aryl methyl sites for hydroxylation is 1. The molecule has 0 amide bonds. The molecule has 6 heteroatoms. The van der Waals surface area contributed by atoms with Gasteiger partial charge in [-0.05, 0) is 25.0 Å². The van der Waals surface area contributed by atoms with Crippen molar-refractivity contribution in [3.63, 3.8) is 0 Å². The Labute approximate surface area is 104 Å². The lowest BCUT2D eigenvalue weighted by Crippen LogP contribution is -2.28. The van der Waals surface area contributed by atoms with Crippen molar-refractivity contribution in [2.45, 2.75) is 19.4 Å². The van der Waals surface area contributed by atoms with Crippen LogP contribution in [0.5, 0.6) is 0 Å². The number of nitrogens with one attached hydrogen (secondary N) is 1. The first-order valence-corrected chi connectivity index (χ1v) is 5.31. The summed E-state index contributed by atoms with van der Waals surface area (Å²) in [4.78, 5) is 21.0. The van der Waals surface area contributed by atoms with Crippen LogP contribution in [0.1, 0.15) is 12.0 Å². The summed E-state index contributed by atoms with van der Waals surface area (Å²) in [6, 6.07) is 3.45. The van der Waals surface area contributed by atoms with Crippen molar-refractivity contribution in [2.75, 3.05) is 5.32 Å². The number of hydrogen-bond donors (Lipinski definition) is 2. The molecule has 0 saturated heterocycles. The van der Waals surface area contributed by atoms with Crippen molar-refractivity contribution in [1.82, 2.24) is 0 Å². The Morgan fingerprint density at radius 1 is 1.67 bits per heavy atom. The molecule has 0 heterocycles. The van der Waals surface area contributed by atoms with Gasteiger partial charge >= 0.3 is 5.97 Å². The molecule has 0 saturated carbocycles. The maximum Gasteiger partial charge on any atom is 0.326 e. The van der Waals surface area contributed by atoms with Crippen molar-refractivity contribution >= 4 is 17.3 Å². The molecule has 18 heavy (non-hydrogen) atoms. The summed E-state index contributed by atoms with van der Waals surface area (Å²) in [5, 5.41) is 22.4. The minimum Gasteiger partial charge on any atom is -0.480 e. The van der Waals surface area contributed by atoms with E-state index in [4.69, 9.17) is 5.11 Å². The second-order valence-electron chi connectivity index (χ2n) is 3.82. The van der Waals surface area contributed by atoms with Crippen LogP contribution in [0.15, 0.2) is 30.9 Å². The molecule has 0 aromatic heterocycles. The molecule has 0 aliphatic heterocycles. The average Bonchev–Trinajstić information content (AvgIpc) is 2.30. The fourth-order valence-corrected chi connectivity index (χ4v) is 1.50. The summed E-state index contributed by atoms with van der Waals surface area (Å²) in [7, 11) is 0. The normalized spacial score (nSPS) is 11.6. The molecule has 1 aromatic carbocycles. The Hall–Kier alpha value is -2.37. The van der Waals surface area contributed by atoms with Gasteiger partial charge in [-0.15, -0.1) is 6.58 Å². The Morgan fingerprint density at radius 2 is 2.33 bits per heavy atom. The van der Waals surface area contributed by atoms with Gasteiger partial charge in [0.2, 0.25) is 0 Å². The fraction of sp³-hybridized carbons (Fsp3) is 0.250. The van der Waals surface area contributed by atoms with E-state index in [0.717, 1.165) is 0 Å². The molecule has 1 unspecified atom stereocenters. The second kappa shape index (κ2) is 5.81. The van der Waals surface area contributed by atoms with E-state index in [-0.39, 0.29) is 12.1 Å². The van der Waals surface area contributed by atoms with Gasteiger partial charge in [-0.25, -0.2) is 4.79 Å². The number of rotatable bonds is 6. The van der Waals surface area contributed by atoms with Gasteiger partial charge in [-0.3, -0.25) is 10.1 Å². The minimum atomic E-state index is -0.993. The zero-order valence-corrected chi connectivity index (χ0v) is 9.92. The highest BCUT2D eigenvalue weighted by molar-refractivity contribution is 5.78. The van der Waals surface area contributed by atoms with Gasteiger partial charge in [0.1, 0.15) is 6.04 Å². The first-order valence-electron chi connectivity index (χ1n) is 5.31. The zero-order valence-electron chi connectivity index (χ0n) is 9.92. The number of carboxylic acid groups (broad SMARTS) is 1. The first kappa shape index (κ1) is 13.7. The van der Waals surface area contributed by atoms with E-state index in [9.17, 15) is 14.9 Å². The lowest BCUT2D eigenvalue weighted by atomic mass is 10.1. The number of carboxylic acids is 1. The number of aliphatic carboxylic acids is 1. The van der Waals surface area contributed by atoms with Crippen molar-refractivity contribution in [2.24, 2.45) is 0 Å². The summed E-state index contributed by atoms with van der Waals surface area (Å²) in [6.45, 7) is 5.17. The smallest absolute Gasteiger partial charge is 0.326 e. The van der Waals surface area contributed by atoms with E-state index in [1.54, 1.807) is 6.92 Å². The molecule has 2 N–H and O–H groups in total. The van der Waals surface area contributed by atoms with Crippen LogP contribution >= 0.6 is 0 Å². The number of nitro benzene ring substituents is 1. The molecule has 96 valence electrons. The first-order chi connectivity index (χ1) is 8.45. The number of nitrogens with zero attached hydrogens (tertiary/aromatic N) is 1. The summed E-state index contributed by atoms with van der Waals surface area (Å²) in [5.74, 6) is -0.993. The van der Waals surface area contributed by atoms with E-state index < -0.39 is 16.9 Å². The summed E-state index contributed by atoms with van der Waals surface area (Å²) in [6.07, 6.45) is 1.78. The molecule has 1 rings (SSSR count). The summed E-state index contributed by atoms with van der Waals surface area (Å²) >= 11 is 0. The number of carbonyl (C=O) groups is 1. The third-order valence-corrected chi connectivity index (χ3v) is 2.45. The van der Waals surface area contributed by atoms with Gasteiger partial charge in [-0.1, -0.05) is 6.08 Å². The van der Waals surface area contributed by atoms with Gasteiger partial charge < -0.3 is 10.4 Å². The molecular weight excluding hydrogens is 236 g/mol. The zero-order chi connectivity index (χ0) is 13.7. The summed E-state index contributed by atoms with van der Waals surface area (Å²) < 4.78 is 0. The number of benzene rings is 1. The lowest BCUT2D eigenvalue weighted by molar-refractivity contribution is -0.384. The third kappa shape index (κ3) is 3.31. The second-order valence-corrected chi connectivity index (χ2v) is 3.82. The van der Waals surface area contributed by atoms with Crippen LogP contribution in [-0.4, -0.2) is 22.0 Å². The molecule has 0 radical (unpaired) electrons. The Balaban J connectivity index is 2.93. The highest BCUT2D eigenvalue weighted by atomic mass is 16.6. The molecule has 6 nitrogen and oxygen atoms in total. The minimum absolute atomic E-state index is 0.0198. The van der Waals surface area contributed by atoms with E-state index in [1.807, 2.05) is 0 Å². The van der Waals surface area contributed by atoms with Gasteiger partial charge in [0.15, 0.2) is 0 Å². The molecule has 0 spiro atoms. The van der Waals surface area contributed by atoms with E-state index in [1.165, 1.54) is 24.3 Å². The average molecular weight is 250 g/mol. The highest BCUT2D eigenvalue weighted by Crippen LogP contribution is 2.22. The monoisotopic (exact) mass is 250 g/mol. The standard InChI is InChI=1S/C12H14N2O4/c1-3-4-11(12(15)16)13-10-6-5-9(14(17)18)7-8(10)2/h3,5-7,11,13H,1,4H2,2H3,(H,15,16). The molecule has 1 aromatic rings. The highest BCUT2D eigenvalue weighted by Gasteiger charge is 2.17. The topological polar surface area (TPSA) is 92.5 Å². The largest absolute Gasteiger partial charge is 0.480 e. The van der Waals surface area contributed by atoms with Gasteiger partial charge in [0.05, 0.1) is 4.92 Å². The van der Waals surface area contributed by atoms with Gasteiger partial charge in [-0.2, -0.15) is 0 Å². The van der Waals surface area contributed by atoms with Crippen molar-refractivity contribution in [3.05, 3.63) is 46.5 Å². The molecule has 0 fully saturated rings. The molecule has 0 bridgehead atoms. The van der Waals surface area contributed by atoms with Crippen LogP contribution in [0.25, 0.3) is 0 Å². The SMILES string of the molecule is C=CCC(Nc1ccc([N+](=O)[O-])cc1C)C(=O)O. The van der Waals surface area contributed by atoms with Crippen molar-refractivity contribution in [1.29, 1.82) is 0 Å².